The van der Waals surface area contributed by atoms with Gasteiger partial charge in [0.2, 0.25) is 5.91 Å². The lowest BCUT2D eigenvalue weighted by molar-refractivity contribution is -0.124. The average molecular weight is 494 g/mol. The molecule has 0 saturated carbocycles. The first-order chi connectivity index (χ1) is 13.5. The van der Waals surface area contributed by atoms with Crippen molar-refractivity contribution in [3.63, 3.8) is 0 Å². The summed E-state index contributed by atoms with van der Waals surface area (Å²) in [5.74, 6) is -0.543. The van der Waals surface area contributed by atoms with E-state index in [1.54, 1.807) is 24.3 Å². The third kappa shape index (κ3) is 4.63. The number of furan rings is 1. The highest BCUT2D eigenvalue weighted by Crippen LogP contribution is 2.28. The molecule has 1 heterocycles. The number of ether oxygens (including phenoxy) is 1. The Bertz CT molecular complexity index is 1000. The van der Waals surface area contributed by atoms with E-state index in [1.807, 2.05) is 24.3 Å². The van der Waals surface area contributed by atoms with Crippen LogP contribution in [0, 0.1) is 3.57 Å². The molecule has 0 spiro atoms. The summed E-state index contributed by atoms with van der Waals surface area (Å²) in [6.45, 7) is -0.239. The molecule has 1 aromatic heterocycles. The van der Waals surface area contributed by atoms with Crippen molar-refractivity contribution in [2.24, 2.45) is 0 Å². The highest BCUT2D eigenvalue weighted by molar-refractivity contribution is 14.1. The summed E-state index contributed by atoms with van der Waals surface area (Å²) in [5, 5.41) is 15.4. The molecular formula is C20H19IN2O5. The molecule has 0 bridgehead atoms. The molecule has 3 aromatic rings. The summed E-state index contributed by atoms with van der Waals surface area (Å²) in [6.07, 6.45) is 0. The zero-order valence-electron chi connectivity index (χ0n) is 15.1. The minimum absolute atomic E-state index is 0.0309. The van der Waals surface area contributed by atoms with Crippen LogP contribution in [0.3, 0.4) is 0 Å². The molecule has 2 aromatic carbocycles. The lowest BCUT2D eigenvalue weighted by Crippen LogP contribution is -2.48. The molecule has 0 fully saturated rings. The number of fused-ring (bicyclic) bond motifs is 1. The zero-order valence-corrected chi connectivity index (χ0v) is 17.2. The smallest absolute Gasteiger partial charge is 0.287 e. The Balaban J connectivity index is 1.66. The summed E-state index contributed by atoms with van der Waals surface area (Å²) in [4.78, 5) is 24.8. The second kappa shape index (κ2) is 9.07. The van der Waals surface area contributed by atoms with Gasteiger partial charge in [-0.15, -0.1) is 0 Å². The van der Waals surface area contributed by atoms with Crippen molar-refractivity contribution in [3.8, 4) is 5.75 Å². The van der Waals surface area contributed by atoms with Gasteiger partial charge in [-0.3, -0.25) is 9.59 Å². The highest BCUT2D eigenvalue weighted by Gasteiger charge is 2.23. The van der Waals surface area contributed by atoms with Crippen molar-refractivity contribution in [2.75, 3.05) is 13.7 Å². The number of hydrogen-bond acceptors (Lipinski definition) is 5. The van der Waals surface area contributed by atoms with Crippen LogP contribution >= 0.6 is 22.6 Å². The molecular weight excluding hydrogens is 475 g/mol. The third-order valence-electron chi connectivity index (χ3n) is 4.11. The van der Waals surface area contributed by atoms with Crippen molar-refractivity contribution in [2.45, 2.75) is 12.6 Å². The Morgan fingerprint density at radius 3 is 2.71 bits per heavy atom. The Kier molecular flexibility index (Phi) is 6.53. The molecule has 146 valence electrons. The monoisotopic (exact) mass is 494 g/mol. The summed E-state index contributed by atoms with van der Waals surface area (Å²) >= 11 is 2.19. The van der Waals surface area contributed by atoms with Crippen molar-refractivity contribution >= 4 is 45.4 Å². The Morgan fingerprint density at radius 1 is 1.21 bits per heavy atom. The fourth-order valence-electron chi connectivity index (χ4n) is 2.69. The van der Waals surface area contributed by atoms with Gasteiger partial charge in [0.15, 0.2) is 17.1 Å². The normalized spacial score (nSPS) is 11.8. The number of carbonyl (C=O) groups is 2. The topological polar surface area (TPSA) is 101 Å². The first-order valence-electron chi connectivity index (χ1n) is 8.52. The third-order valence-corrected chi connectivity index (χ3v) is 4.78. The fourth-order valence-corrected chi connectivity index (χ4v) is 3.30. The fraction of sp³-hybridized carbons (Fsp3) is 0.200. The molecule has 2 amide bonds. The van der Waals surface area contributed by atoms with E-state index < -0.39 is 24.5 Å². The quantitative estimate of drug-likeness (QED) is 0.439. The molecule has 0 aliphatic heterocycles. The number of methoxy groups -OCH3 is 1. The second-order valence-electron chi connectivity index (χ2n) is 6.05. The molecule has 8 heteroatoms. The summed E-state index contributed by atoms with van der Waals surface area (Å²) < 4.78 is 11.8. The van der Waals surface area contributed by atoms with Gasteiger partial charge < -0.3 is 24.9 Å². The molecule has 7 nitrogen and oxygen atoms in total. The van der Waals surface area contributed by atoms with E-state index in [0.717, 1.165) is 9.13 Å². The number of halogens is 1. The Hall–Kier alpha value is -2.59. The lowest BCUT2D eigenvalue weighted by atomic mass is 10.2. The predicted octanol–water partition coefficient (Wildman–Crippen LogP) is 2.45. The van der Waals surface area contributed by atoms with E-state index in [-0.39, 0.29) is 5.76 Å². The van der Waals surface area contributed by atoms with E-state index >= 15 is 0 Å². The number of para-hydroxylation sites is 1. The van der Waals surface area contributed by atoms with Gasteiger partial charge in [-0.25, -0.2) is 0 Å². The number of benzene rings is 2. The van der Waals surface area contributed by atoms with Crippen LogP contribution in [-0.4, -0.2) is 36.7 Å². The van der Waals surface area contributed by atoms with Crippen LogP contribution in [0.15, 0.2) is 52.9 Å². The number of amides is 2. The molecule has 0 aliphatic carbocycles. The van der Waals surface area contributed by atoms with Crippen LogP contribution in [0.25, 0.3) is 11.0 Å². The number of carbonyl (C=O) groups excluding carboxylic acids is 2. The van der Waals surface area contributed by atoms with Gasteiger partial charge in [0.25, 0.3) is 5.91 Å². The number of nitrogens with one attached hydrogen (secondary N) is 2. The van der Waals surface area contributed by atoms with Crippen molar-refractivity contribution in [1.82, 2.24) is 10.6 Å². The maximum absolute atomic E-state index is 12.5. The average Bonchev–Trinajstić information content (AvgIpc) is 3.14. The van der Waals surface area contributed by atoms with E-state index in [1.165, 1.54) is 7.11 Å². The van der Waals surface area contributed by atoms with E-state index in [0.29, 0.717) is 23.3 Å². The maximum Gasteiger partial charge on any atom is 0.287 e. The Morgan fingerprint density at radius 2 is 2.00 bits per heavy atom. The number of hydrogen-bond donors (Lipinski definition) is 3. The van der Waals surface area contributed by atoms with Gasteiger partial charge in [-0.05, 0) is 52.4 Å². The van der Waals surface area contributed by atoms with Crippen LogP contribution in [0.1, 0.15) is 16.1 Å². The van der Waals surface area contributed by atoms with Crippen molar-refractivity contribution in [3.05, 3.63) is 63.4 Å². The molecule has 1 atom stereocenters. The van der Waals surface area contributed by atoms with Gasteiger partial charge >= 0.3 is 0 Å². The van der Waals surface area contributed by atoms with Gasteiger partial charge in [-0.2, -0.15) is 0 Å². The summed E-state index contributed by atoms with van der Waals surface area (Å²) in [5.41, 5.74) is 1.37. The van der Waals surface area contributed by atoms with E-state index in [2.05, 4.69) is 33.2 Å². The van der Waals surface area contributed by atoms with Crippen LogP contribution in [-0.2, 0) is 11.3 Å². The molecule has 3 rings (SSSR count). The van der Waals surface area contributed by atoms with Crippen molar-refractivity contribution < 1.29 is 23.8 Å². The first kappa shape index (κ1) is 20.2. The summed E-state index contributed by atoms with van der Waals surface area (Å²) in [7, 11) is 1.51. The SMILES string of the molecule is COc1cccc2cc(C(=O)N[C@@H](CO)C(=O)NCc3cccc(I)c3)oc12. The predicted molar refractivity (Wildman–Crippen MR) is 112 cm³/mol. The van der Waals surface area contributed by atoms with E-state index in [4.69, 9.17) is 9.15 Å². The molecule has 0 saturated heterocycles. The number of aliphatic hydroxyl groups excluding tert-OH is 1. The molecule has 28 heavy (non-hydrogen) atoms. The largest absolute Gasteiger partial charge is 0.493 e. The number of aliphatic hydroxyl groups is 1. The molecule has 3 N–H and O–H groups in total. The second-order valence-corrected chi connectivity index (χ2v) is 7.29. The molecule has 0 aliphatic rings. The van der Waals surface area contributed by atoms with Crippen LogP contribution in [0.5, 0.6) is 5.75 Å². The van der Waals surface area contributed by atoms with Gasteiger partial charge in [0.1, 0.15) is 6.04 Å². The van der Waals surface area contributed by atoms with E-state index in [9.17, 15) is 14.7 Å². The number of rotatable bonds is 7. The van der Waals surface area contributed by atoms with Gasteiger partial charge in [-0.1, -0.05) is 24.3 Å². The first-order valence-corrected chi connectivity index (χ1v) is 9.60. The maximum atomic E-state index is 12.5. The minimum atomic E-state index is -1.09. The molecule has 0 radical (unpaired) electrons. The Labute approximate surface area is 175 Å². The highest BCUT2D eigenvalue weighted by atomic mass is 127. The summed E-state index contributed by atoms with van der Waals surface area (Å²) in [6, 6.07) is 13.4. The standard InChI is InChI=1S/C20H19IN2O5/c1-27-16-7-3-5-13-9-17(28-18(13)16)20(26)23-15(11-24)19(25)22-10-12-4-2-6-14(21)8-12/h2-9,15,24H,10-11H2,1H3,(H,22,25)(H,23,26)/t15-/m0/s1. The van der Waals surface area contributed by atoms with Crippen LogP contribution in [0.4, 0.5) is 0 Å². The zero-order chi connectivity index (χ0) is 20.1. The van der Waals surface area contributed by atoms with Gasteiger partial charge in [0.05, 0.1) is 13.7 Å². The van der Waals surface area contributed by atoms with Crippen LogP contribution in [0.2, 0.25) is 0 Å². The lowest BCUT2D eigenvalue weighted by Gasteiger charge is -2.15. The molecule has 0 unspecified atom stereocenters. The van der Waals surface area contributed by atoms with Gasteiger partial charge in [0, 0.05) is 15.5 Å². The van der Waals surface area contributed by atoms with Crippen molar-refractivity contribution in [1.29, 1.82) is 0 Å². The minimum Gasteiger partial charge on any atom is -0.493 e. The van der Waals surface area contributed by atoms with Crippen LogP contribution < -0.4 is 15.4 Å².